The van der Waals surface area contributed by atoms with E-state index in [1.54, 1.807) is 0 Å². The molecule has 8 heterocycles. The normalized spacial score (nSPS) is 16.6. The maximum absolute atomic E-state index is 2.88. The van der Waals surface area contributed by atoms with Crippen molar-refractivity contribution in [1.82, 2.24) is 18.2 Å². The molecule has 454 valence electrons. The predicted molar refractivity (Wildman–Crippen MR) is 400 cm³/mol. The highest BCUT2D eigenvalue weighted by atomic mass is 15.1. The lowest BCUT2D eigenvalue weighted by atomic mass is 9.45. The van der Waals surface area contributed by atoms with E-state index in [4.69, 9.17) is 0 Å². The average molecular weight is 1230 g/mol. The number of benzene rings is 12. The van der Waals surface area contributed by atoms with E-state index in [1.807, 2.05) is 0 Å². The van der Waals surface area contributed by atoms with Gasteiger partial charge in [-0.25, -0.2) is 0 Å². The minimum Gasteiger partial charge on any atom is -0.374 e. The first-order chi connectivity index (χ1) is 47.7. The van der Waals surface area contributed by atoms with Crippen LogP contribution in [0, 0.1) is 0 Å². The van der Waals surface area contributed by atoms with E-state index < -0.39 is 0 Å². The molecule has 16 aromatic rings. The number of hydrogen-bond donors (Lipinski definition) is 0. The number of nitrogens with zero attached hydrogens (tertiary/aromatic N) is 4. The molecule has 1 unspecified atom stereocenters. The van der Waals surface area contributed by atoms with Gasteiger partial charge in [0.15, 0.2) is 0 Å². The fraction of sp³-hybridized carbons (Fsp3) is 0.187. The van der Waals surface area contributed by atoms with Gasteiger partial charge in [0, 0.05) is 65.8 Å². The van der Waals surface area contributed by atoms with Crippen LogP contribution in [-0.2, 0) is 51.4 Å². The van der Waals surface area contributed by atoms with E-state index in [9.17, 15) is 0 Å². The van der Waals surface area contributed by atoms with Crippen molar-refractivity contribution in [2.45, 2.75) is 109 Å². The Morgan fingerprint density at radius 2 is 0.719 bits per heavy atom. The molecule has 0 saturated carbocycles. The summed E-state index contributed by atoms with van der Waals surface area (Å²) in [7, 11) is 0. The van der Waals surface area contributed by atoms with Crippen LogP contribution in [0.4, 0.5) is 0 Å². The van der Waals surface area contributed by atoms with Crippen molar-refractivity contribution in [2.24, 2.45) is 0 Å². The van der Waals surface area contributed by atoms with Crippen molar-refractivity contribution >= 4 is 94.2 Å². The monoisotopic (exact) mass is 1230 g/mol. The minimum absolute atomic E-state index is 0.102. The molecule has 4 aliphatic heterocycles. The summed E-state index contributed by atoms with van der Waals surface area (Å²) in [6.07, 6.45) is 19.5. The van der Waals surface area contributed by atoms with Gasteiger partial charge >= 0.3 is 6.85 Å². The molecule has 0 bridgehead atoms. The van der Waals surface area contributed by atoms with E-state index in [0.717, 1.165) is 25.7 Å². The maximum Gasteiger partial charge on any atom is 0.333 e. The number of hydrogen-bond acceptors (Lipinski definition) is 0. The highest BCUT2D eigenvalue weighted by molar-refractivity contribution is 6.90. The Kier molecular flexibility index (Phi) is 10.2. The summed E-state index contributed by atoms with van der Waals surface area (Å²) in [4.78, 5) is 0. The van der Waals surface area contributed by atoms with Gasteiger partial charge in [0.25, 0.3) is 0 Å². The molecule has 0 radical (unpaired) electrons. The fourth-order valence-electron chi connectivity index (χ4n) is 21.2. The van der Waals surface area contributed by atoms with E-state index in [0.29, 0.717) is 0 Å². The molecule has 8 aliphatic rings. The first kappa shape index (κ1) is 52.0. The smallest absolute Gasteiger partial charge is 0.333 e. The van der Waals surface area contributed by atoms with Crippen molar-refractivity contribution in [2.75, 3.05) is 0 Å². The third kappa shape index (κ3) is 6.54. The lowest BCUT2D eigenvalue weighted by molar-refractivity contribution is 0.686. The minimum atomic E-state index is -0.102. The van der Waals surface area contributed by atoms with Gasteiger partial charge in [-0.1, -0.05) is 182 Å². The molecule has 0 spiro atoms. The van der Waals surface area contributed by atoms with Gasteiger partial charge < -0.3 is 18.2 Å². The molecule has 12 aromatic carbocycles. The number of rotatable bonds is 4. The van der Waals surface area contributed by atoms with Crippen LogP contribution in [0.25, 0.3) is 155 Å². The topological polar surface area (TPSA) is 19.7 Å². The molecular formula is C91H67BN4. The van der Waals surface area contributed by atoms with Crippen LogP contribution >= 0.6 is 0 Å². The molecule has 0 fully saturated rings. The van der Waals surface area contributed by atoms with Crippen molar-refractivity contribution in [3.05, 3.63) is 262 Å². The Morgan fingerprint density at radius 3 is 1.28 bits per heavy atom. The lowest BCUT2D eigenvalue weighted by Crippen LogP contribution is -2.55. The van der Waals surface area contributed by atoms with E-state index in [-0.39, 0.29) is 12.9 Å². The zero-order chi connectivity index (χ0) is 61.9. The second-order valence-corrected chi connectivity index (χ2v) is 29.8. The third-order valence-electron chi connectivity index (χ3n) is 25.2. The zero-order valence-electron chi connectivity index (χ0n) is 53.9. The summed E-state index contributed by atoms with van der Waals surface area (Å²) in [5.41, 5.74) is 47.0. The number of aryl methyl sites for hydroxylation is 8. The molecule has 4 aromatic heterocycles. The third-order valence-corrected chi connectivity index (χ3v) is 25.2. The van der Waals surface area contributed by atoms with Crippen molar-refractivity contribution in [1.29, 1.82) is 0 Å². The molecule has 4 aliphatic carbocycles. The molecule has 0 N–H and O–H groups in total. The van der Waals surface area contributed by atoms with Crippen LogP contribution in [0.3, 0.4) is 0 Å². The van der Waals surface area contributed by atoms with Crippen LogP contribution < -0.4 is 10.9 Å². The quantitative estimate of drug-likeness (QED) is 0.157. The first-order valence-electron chi connectivity index (χ1n) is 36.2. The number of para-hydroxylation sites is 2. The van der Waals surface area contributed by atoms with Crippen molar-refractivity contribution in [3.8, 4) is 78.1 Å². The summed E-state index contributed by atoms with van der Waals surface area (Å²) in [5, 5.41) is 8.13. The summed E-state index contributed by atoms with van der Waals surface area (Å²) < 4.78 is 11.2. The average Bonchev–Trinajstić information content (AvgIpc) is 1.47. The molecule has 0 saturated heterocycles. The molecule has 24 rings (SSSR count). The number of fused-ring (bicyclic) bond motifs is 23. The summed E-state index contributed by atoms with van der Waals surface area (Å²) in [6, 6.07) is 83.7. The highest BCUT2D eigenvalue weighted by Gasteiger charge is 2.46. The Bertz CT molecular complexity index is 5920. The van der Waals surface area contributed by atoms with Gasteiger partial charge in [0.1, 0.15) is 0 Å². The largest absolute Gasteiger partial charge is 0.374 e. The second-order valence-electron chi connectivity index (χ2n) is 29.8. The van der Waals surface area contributed by atoms with E-state index >= 15 is 0 Å². The maximum atomic E-state index is 2.88. The summed E-state index contributed by atoms with van der Waals surface area (Å²) in [5.74, 6) is 0. The Balaban J connectivity index is 0.804. The SMILES string of the molecule is c1cc2c3c(c1)-n1c4cccc(-c5ccc6c(c5)CCCC6)c4c4c(-c5ccc6c(c5)CCCC6)ccc(c41)B3n1c3c-2cccc3c2c1c1cccc3c1n2C1c2c-3cccc2-n2c3cccc(-c4ccc5c(c4)CCCC5)c3c3c(-c4ccc5c(c4)CCCC5)ccc1c32. The van der Waals surface area contributed by atoms with E-state index in [2.05, 4.69) is 224 Å². The van der Waals surface area contributed by atoms with Gasteiger partial charge in [-0.15, -0.1) is 0 Å². The van der Waals surface area contributed by atoms with Gasteiger partial charge in [-0.3, -0.25) is 0 Å². The molecule has 1 atom stereocenters. The fourth-order valence-corrected chi connectivity index (χ4v) is 21.2. The van der Waals surface area contributed by atoms with E-state index in [1.165, 1.54) is 298 Å². The molecule has 5 heteroatoms. The molecule has 4 nitrogen and oxygen atoms in total. The Labute approximate surface area is 557 Å². The van der Waals surface area contributed by atoms with Crippen LogP contribution in [0.1, 0.15) is 113 Å². The zero-order valence-corrected chi connectivity index (χ0v) is 53.9. The predicted octanol–water partition coefficient (Wildman–Crippen LogP) is 21.0. The van der Waals surface area contributed by atoms with Crippen molar-refractivity contribution < 1.29 is 0 Å². The molecule has 0 amide bonds. The Hall–Kier alpha value is -10.4. The van der Waals surface area contributed by atoms with Gasteiger partial charge in [0.05, 0.1) is 50.3 Å². The van der Waals surface area contributed by atoms with Crippen LogP contribution in [-0.4, -0.2) is 25.0 Å². The molecule has 96 heavy (non-hydrogen) atoms. The lowest BCUT2D eigenvalue weighted by Gasteiger charge is -2.36. The standard InChI is InChI=1S/C91H67BN4/c1-5-19-55-47-59(39-35-51(55)15-1)63-23-11-31-75-79(63)82-65(61-41-37-53-17-3-7-21-57(53)49-61)43-44-73-87-81-67(25-13-33-77(81)93(75)88(73)82)69-27-9-29-71-85(69)95(87)89-72-30-10-28-70-68-26-14-34-78-84(68)92(96(86(70)72)90(71)89)74-46-45-66(62-42-38-54-18-4-8-22-58(54)50-62)83-80-64(24-12-32-76(80)94(78)91(74)83)60-40-36-52-16-2-6-20-56(52)48-60/h9-14,23-50,87H,1-8,15-22H2. The van der Waals surface area contributed by atoms with Crippen LogP contribution in [0.15, 0.2) is 206 Å². The van der Waals surface area contributed by atoms with Gasteiger partial charge in [0.2, 0.25) is 0 Å². The Morgan fingerprint density at radius 1 is 0.292 bits per heavy atom. The summed E-state index contributed by atoms with van der Waals surface area (Å²) in [6.45, 7) is -0.102. The molecular weight excluding hydrogens is 1160 g/mol. The number of aromatic nitrogens is 4. The van der Waals surface area contributed by atoms with Crippen molar-refractivity contribution in [3.63, 3.8) is 0 Å². The van der Waals surface area contributed by atoms with Crippen LogP contribution in [0.2, 0.25) is 0 Å². The highest BCUT2D eigenvalue weighted by Crippen LogP contribution is 2.59. The van der Waals surface area contributed by atoms with Crippen LogP contribution in [0.5, 0.6) is 0 Å². The second kappa shape index (κ2) is 18.8. The first-order valence-corrected chi connectivity index (χ1v) is 36.2. The summed E-state index contributed by atoms with van der Waals surface area (Å²) >= 11 is 0. The van der Waals surface area contributed by atoms with Gasteiger partial charge in [-0.05, 0) is 238 Å². The van der Waals surface area contributed by atoms with Gasteiger partial charge in [-0.2, -0.15) is 0 Å².